The van der Waals surface area contributed by atoms with Crippen molar-refractivity contribution in [1.29, 1.82) is 0 Å². The van der Waals surface area contributed by atoms with Crippen LogP contribution in [0.4, 0.5) is 0 Å². The summed E-state index contributed by atoms with van der Waals surface area (Å²) in [5.74, 6) is 0.491. The summed E-state index contributed by atoms with van der Waals surface area (Å²) in [7, 11) is -2.49. The van der Waals surface area contributed by atoms with Crippen molar-refractivity contribution in [3.63, 3.8) is 0 Å². The predicted molar refractivity (Wildman–Crippen MR) is 129 cm³/mol. The molecule has 0 spiro atoms. The molecule has 2 aromatic carbocycles. The Bertz CT molecular complexity index is 736. The molecule has 0 amide bonds. The minimum atomic E-state index is -2.49. The van der Waals surface area contributed by atoms with E-state index < -0.39 is 8.32 Å². The molecule has 1 aliphatic rings. The van der Waals surface area contributed by atoms with E-state index in [1.54, 1.807) is 0 Å². The third kappa shape index (κ3) is 4.59. The van der Waals surface area contributed by atoms with Crippen molar-refractivity contribution < 1.29 is 4.43 Å². The molecule has 2 aromatic rings. The van der Waals surface area contributed by atoms with Crippen LogP contribution in [0.1, 0.15) is 66.2 Å². The van der Waals surface area contributed by atoms with Gasteiger partial charge >= 0.3 is 0 Å². The second-order valence-corrected chi connectivity index (χ2v) is 13.9. The minimum Gasteiger partial charge on any atom is -0.404 e. The number of rotatable bonds is 7. The second-order valence-electron chi connectivity index (χ2n) is 9.62. The van der Waals surface area contributed by atoms with Crippen LogP contribution in [0.15, 0.2) is 72.8 Å². The van der Waals surface area contributed by atoms with Gasteiger partial charge in [-0.25, -0.2) is 0 Å². The molecule has 1 aliphatic carbocycles. The minimum absolute atomic E-state index is 0.0315. The van der Waals surface area contributed by atoms with Gasteiger partial charge in [0.25, 0.3) is 8.32 Å². The summed E-state index contributed by atoms with van der Waals surface area (Å²) < 4.78 is 7.47. The molecular formula is C27H38OSi. The van der Waals surface area contributed by atoms with Crippen molar-refractivity contribution in [2.45, 2.75) is 77.4 Å². The van der Waals surface area contributed by atoms with Gasteiger partial charge in [0.1, 0.15) is 0 Å². The molecule has 156 valence electrons. The lowest BCUT2D eigenvalue weighted by molar-refractivity contribution is 0.106. The van der Waals surface area contributed by atoms with E-state index >= 15 is 0 Å². The Labute approximate surface area is 179 Å². The molecule has 29 heavy (non-hydrogen) atoms. The lowest BCUT2D eigenvalue weighted by Crippen LogP contribution is -2.68. The van der Waals surface area contributed by atoms with Crippen molar-refractivity contribution in [3.8, 4) is 0 Å². The molecule has 1 fully saturated rings. The van der Waals surface area contributed by atoms with Gasteiger partial charge in [-0.1, -0.05) is 113 Å². The zero-order chi connectivity index (χ0) is 20.9. The highest BCUT2D eigenvalue weighted by molar-refractivity contribution is 6.99. The summed E-state index contributed by atoms with van der Waals surface area (Å²) in [6, 6.07) is 22.1. The standard InChI is InChI=1S/C27H38OSi/c1-6-7-20-25-22(2)15-14-21-26(25)28-29(27(3,4)5,23-16-10-8-11-17-23)24-18-12-9-13-19-24/h8-13,16-19,25-26H,2,6-7,14-15,20-21H2,1,3-5H3/t25-,26-/m0/s1. The van der Waals surface area contributed by atoms with E-state index in [0.29, 0.717) is 5.92 Å². The van der Waals surface area contributed by atoms with Crippen LogP contribution in [0.25, 0.3) is 0 Å². The molecule has 0 aliphatic heterocycles. The predicted octanol–water partition coefficient (Wildman–Crippen LogP) is 6.48. The lowest BCUT2D eigenvalue weighted by atomic mass is 9.80. The summed E-state index contributed by atoms with van der Waals surface area (Å²) in [5.41, 5.74) is 1.41. The van der Waals surface area contributed by atoms with Gasteiger partial charge < -0.3 is 4.43 Å². The molecule has 2 heteroatoms. The maximum atomic E-state index is 7.47. The Kier molecular flexibility index (Phi) is 7.18. The zero-order valence-electron chi connectivity index (χ0n) is 18.8. The van der Waals surface area contributed by atoms with Gasteiger partial charge in [0, 0.05) is 5.92 Å². The van der Waals surface area contributed by atoms with Crippen LogP contribution in [-0.4, -0.2) is 14.4 Å². The molecule has 1 saturated carbocycles. The van der Waals surface area contributed by atoms with E-state index in [1.807, 2.05) is 0 Å². The summed E-state index contributed by atoms with van der Waals surface area (Å²) in [6.45, 7) is 13.9. The molecule has 2 atom stereocenters. The third-order valence-corrected chi connectivity index (χ3v) is 11.6. The fourth-order valence-electron chi connectivity index (χ4n) is 5.05. The van der Waals surface area contributed by atoms with E-state index in [0.717, 1.165) is 12.8 Å². The van der Waals surface area contributed by atoms with Gasteiger partial charge in [0.2, 0.25) is 0 Å². The van der Waals surface area contributed by atoms with E-state index in [4.69, 9.17) is 4.43 Å². The monoisotopic (exact) mass is 406 g/mol. The van der Waals surface area contributed by atoms with Crippen molar-refractivity contribution >= 4 is 18.7 Å². The first-order chi connectivity index (χ1) is 13.9. The zero-order valence-corrected chi connectivity index (χ0v) is 19.8. The van der Waals surface area contributed by atoms with E-state index in [-0.39, 0.29) is 11.1 Å². The van der Waals surface area contributed by atoms with Gasteiger partial charge in [0.05, 0.1) is 6.10 Å². The maximum absolute atomic E-state index is 7.47. The highest BCUT2D eigenvalue weighted by Gasteiger charge is 2.52. The van der Waals surface area contributed by atoms with Crippen molar-refractivity contribution in [2.24, 2.45) is 5.92 Å². The first-order valence-electron chi connectivity index (χ1n) is 11.4. The molecule has 1 nitrogen and oxygen atoms in total. The van der Waals surface area contributed by atoms with E-state index in [9.17, 15) is 0 Å². The fraction of sp³-hybridized carbons (Fsp3) is 0.481. The van der Waals surface area contributed by atoms with Gasteiger partial charge in [-0.3, -0.25) is 0 Å². The van der Waals surface area contributed by atoms with Crippen LogP contribution in [0, 0.1) is 5.92 Å². The van der Waals surface area contributed by atoms with Gasteiger partial charge in [0.15, 0.2) is 0 Å². The summed E-state index contributed by atoms with van der Waals surface area (Å²) in [5, 5.41) is 2.79. The molecular weight excluding hydrogens is 368 g/mol. The molecule has 0 N–H and O–H groups in total. The molecule has 0 aromatic heterocycles. The van der Waals surface area contributed by atoms with E-state index in [2.05, 4.69) is 94.9 Å². The number of unbranched alkanes of at least 4 members (excludes halogenated alkanes) is 1. The van der Waals surface area contributed by atoms with Gasteiger partial charge in [-0.05, 0) is 41.1 Å². The molecule has 0 saturated heterocycles. The Morgan fingerprint density at radius 3 is 2.00 bits per heavy atom. The first-order valence-corrected chi connectivity index (χ1v) is 13.3. The molecule has 0 heterocycles. The average Bonchev–Trinajstić information content (AvgIpc) is 2.72. The smallest absolute Gasteiger partial charge is 0.261 e. The normalized spacial score (nSPS) is 20.6. The summed E-state index contributed by atoms with van der Waals surface area (Å²) in [6.07, 6.45) is 7.48. The van der Waals surface area contributed by atoms with Crippen LogP contribution in [0.5, 0.6) is 0 Å². The third-order valence-electron chi connectivity index (χ3n) is 6.57. The Hall–Kier alpha value is -1.64. The Balaban J connectivity index is 2.11. The van der Waals surface area contributed by atoms with Gasteiger partial charge in [-0.2, -0.15) is 0 Å². The van der Waals surface area contributed by atoms with Crippen molar-refractivity contribution in [2.75, 3.05) is 0 Å². The Morgan fingerprint density at radius 1 is 0.966 bits per heavy atom. The first kappa shape index (κ1) is 22.1. The quantitative estimate of drug-likeness (QED) is 0.378. The van der Waals surface area contributed by atoms with Crippen LogP contribution in [0.3, 0.4) is 0 Å². The molecule has 0 bridgehead atoms. The van der Waals surface area contributed by atoms with Crippen LogP contribution in [0.2, 0.25) is 5.04 Å². The van der Waals surface area contributed by atoms with Gasteiger partial charge in [-0.15, -0.1) is 0 Å². The van der Waals surface area contributed by atoms with Crippen LogP contribution in [-0.2, 0) is 4.43 Å². The highest BCUT2D eigenvalue weighted by Crippen LogP contribution is 2.42. The average molecular weight is 407 g/mol. The number of benzene rings is 2. The van der Waals surface area contributed by atoms with Crippen molar-refractivity contribution in [1.82, 2.24) is 0 Å². The van der Waals surface area contributed by atoms with E-state index in [1.165, 1.54) is 41.6 Å². The van der Waals surface area contributed by atoms with Crippen LogP contribution < -0.4 is 10.4 Å². The lowest BCUT2D eigenvalue weighted by Gasteiger charge is -2.48. The summed E-state index contributed by atoms with van der Waals surface area (Å²) in [4.78, 5) is 0. The fourth-order valence-corrected chi connectivity index (χ4v) is 9.80. The molecule has 0 radical (unpaired) electrons. The SMILES string of the molecule is C=C1CCC[C@H](O[Si](c2ccccc2)(c2ccccc2)C(C)(C)C)[C@H]1CCCC. The van der Waals surface area contributed by atoms with Crippen LogP contribution >= 0.6 is 0 Å². The summed E-state index contributed by atoms with van der Waals surface area (Å²) >= 11 is 0. The topological polar surface area (TPSA) is 9.23 Å². The van der Waals surface area contributed by atoms with Crippen molar-refractivity contribution in [3.05, 3.63) is 72.8 Å². The Morgan fingerprint density at radius 2 is 1.52 bits per heavy atom. The molecule has 0 unspecified atom stereocenters. The number of hydrogen-bond donors (Lipinski definition) is 0. The number of hydrogen-bond acceptors (Lipinski definition) is 1. The highest BCUT2D eigenvalue weighted by atomic mass is 28.4. The second kappa shape index (κ2) is 9.45. The maximum Gasteiger partial charge on any atom is 0.261 e. The largest absolute Gasteiger partial charge is 0.404 e. The molecule has 3 rings (SSSR count).